The van der Waals surface area contributed by atoms with Crippen molar-refractivity contribution in [3.63, 3.8) is 0 Å². The highest BCUT2D eigenvalue weighted by molar-refractivity contribution is 8.68. The van der Waals surface area contributed by atoms with Gasteiger partial charge in [-0.3, -0.25) is 4.79 Å². The van der Waals surface area contributed by atoms with Gasteiger partial charge in [0.15, 0.2) is 6.04 Å². The molecule has 0 fully saturated rings. The van der Waals surface area contributed by atoms with Gasteiger partial charge in [-0.1, -0.05) is 59.3 Å². The fourth-order valence-electron chi connectivity index (χ4n) is 3.92. The minimum atomic E-state index is -1.04. The molecule has 2 aromatic rings. The molecule has 1 aliphatic rings. The summed E-state index contributed by atoms with van der Waals surface area (Å²) < 4.78 is 16.2. The molecule has 0 unspecified atom stereocenters. The number of ether oxygens (including phenoxy) is 3. The van der Waals surface area contributed by atoms with Gasteiger partial charge in [0, 0.05) is 5.92 Å². The van der Waals surface area contributed by atoms with Crippen molar-refractivity contribution in [2.24, 2.45) is 0 Å². The molecular weight excluding hydrogens is 500 g/mol. The van der Waals surface area contributed by atoms with Crippen molar-refractivity contribution in [3.8, 4) is 11.1 Å². The normalized spacial score (nSPS) is 14.2. The second-order valence-corrected chi connectivity index (χ2v) is 10.7. The Balaban J connectivity index is 1.56. The first-order valence-corrected chi connectivity index (χ1v) is 13.6. The zero-order valence-electron chi connectivity index (χ0n) is 20.8. The summed E-state index contributed by atoms with van der Waals surface area (Å²) in [5.41, 5.74) is 3.71. The van der Waals surface area contributed by atoms with Gasteiger partial charge in [0.05, 0.1) is 6.61 Å². The van der Waals surface area contributed by atoms with Crippen molar-refractivity contribution >= 4 is 40.4 Å². The smallest absolute Gasteiger partial charge is 0.407 e. The minimum absolute atomic E-state index is 0.0914. The van der Waals surface area contributed by atoms with Crippen LogP contribution in [-0.4, -0.2) is 54.8 Å². The van der Waals surface area contributed by atoms with E-state index in [1.807, 2.05) is 36.4 Å². The maximum atomic E-state index is 12.7. The Kier molecular flexibility index (Phi) is 9.69. The van der Waals surface area contributed by atoms with Crippen molar-refractivity contribution in [1.82, 2.24) is 10.6 Å². The molecule has 0 aromatic heterocycles. The van der Waals surface area contributed by atoms with E-state index in [9.17, 15) is 14.4 Å². The van der Waals surface area contributed by atoms with Crippen LogP contribution in [0.1, 0.15) is 44.7 Å². The van der Waals surface area contributed by atoms with Crippen molar-refractivity contribution in [2.75, 3.05) is 19.2 Å². The standard InChI is InChI=1S/C26H32N2O6S2/c1-16(23(29)28-22(14-32-15-36-35)24(30)34-26(2,3)4)27-25(31)33-13-21-19-11-7-5-9-17(19)18-10-6-8-12-20(18)21/h5-12,16,21-22,35H,13-15H2,1-4H3,(H,27,31)(H,28,29)/t16-,22-/m0/s1. The number of rotatable bonds is 10. The third-order valence-electron chi connectivity index (χ3n) is 5.50. The van der Waals surface area contributed by atoms with Crippen molar-refractivity contribution in [1.29, 1.82) is 0 Å². The predicted octanol–water partition coefficient (Wildman–Crippen LogP) is 4.29. The van der Waals surface area contributed by atoms with Gasteiger partial charge in [0.2, 0.25) is 5.91 Å². The van der Waals surface area contributed by atoms with Gasteiger partial charge in [0.1, 0.15) is 24.2 Å². The van der Waals surface area contributed by atoms with E-state index in [2.05, 4.69) is 34.4 Å². The Morgan fingerprint density at radius 2 is 1.58 bits per heavy atom. The van der Waals surface area contributed by atoms with Crippen LogP contribution in [0.3, 0.4) is 0 Å². The summed E-state index contributed by atoms with van der Waals surface area (Å²) in [7, 11) is 1.14. The van der Waals surface area contributed by atoms with E-state index in [0.29, 0.717) is 0 Å². The highest BCUT2D eigenvalue weighted by Crippen LogP contribution is 2.44. The van der Waals surface area contributed by atoms with Gasteiger partial charge in [-0.15, -0.1) is 11.7 Å². The van der Waals surface area contributed by atoms with Crippen LogP contribution in [0.2, 0.25) is 0 Å². The van der Waals surface area contributed by atoms with Crippen LogP contribution >= 0.6 is 22.5 Å². The molecule has 2 amide bonds. The molecule has 0 saturated carbocycles. The molecule has 0 aliphatic heterocycles. The summed E-state index contributed by atoms with van der Waals surface area (Å²) in [6, 6.07) is 14.1. The fraction of sp³-hybridized carbons (Fsp3) is 0.423. The Morgan fingerprint density at radius 3 is 2.14 bits per heavy atom. The number of hydrogen-bond donors (Lipinski definition) is 3. The molecule has 0 heterocycles. The molecule has 0 bridgehead atoms. The summed E-state index contributed by atoms with van der Waals surface area (Å²) in [4.78, 5) is 37.8. The lowest BCUT2D eigenvalue weighted by molar-refractivity contribution is -0.160. The van der Waals surface area contributed by atoms with Gasteiger partial charge in [-0.25, -0.2) is 9.59 Å². The number of carbonyl (C=O) groups excluding carboxylic acids is 3. The van der Waals surface area contributed by atoms with Gasteiger partial charge >= 0.3 is 12.1 Å². The van der Waals surface area contributed by atoms with Crippen LogP contribution in [0.15, 0.2) is 48.5 Å². The maximum Gasteiger partial charge on any atom is 0.407 e. The molecule has 1 aliphatic carbocycles. The lowest BCUT2D eigenvalue weighted by Crippen LogP contribution is -2.53. The second kappa shape index (κ2) is 12.5. The van der Waals surface area contributed by atoms with Crippen LogP contribution in [0.25, 0.3) is 11.1 Å². The lowest BCUT2D eigenvalue weighted by atomic mass is 9.98. The molecule has 10 heteroatoms. The van der Waals surface area contributed by atoms with Gasteiger partial charge in [-0.2, -0.15) is 0 Å². The Bertz CT molecular complexity index is 1040. The molecular formula is C26H32N2O6S2. The minimum Gasteiger partial charge on any atom is -0.458 e. The quantitative estimate of drug-likeness (QED) is 0.138. The van der Waals surface area contributed by atoms with E-state index in [0.717, 1.165) is 33.0 Å². The topological polar surface area (TPSA) is 103 Å². The summed E-state index contributed by atoms with van der Waals surface area (Å²) in [5.74, 6) is -1.06. The SMILES string of the molecule is C[C@H](NC(=O)OCC1c2ccccc2-c2ccccc21)C(=O)N[C@@H](COCSS)C(=O)OC(C)(C)C. The molecule has 2 atom stereocenters. The molecule has 0 saturated heterocycles. The number of thiol groups is 1. The summed E-state index contributed by atoms with van der Waals surface area (Å²) in [6.45, 7) is 6.74. The number of hydrogen-bond acceptors (Lipinski definition) is 8. The van der Waals surface area contributed by atoms with E-state index in [1.54, 1.807) is 20.8 Å². The van der Waals surface area contributed by atoms with E-state index < -0.39 is 35.7 Å². The molecule has 36 heavy (non-hydrogen) atoms. The molecule has 0 spiro atoms. The molecule has 3 rings (SSSR count). The Labute approximate surface area is 220 Å². The number of fused-ring (bicyclic) bond motifs is 3. The summed E-state index contributed by atoms with van der Waals surface area (Å²) in [5, 5.41) is 5.11. The van der Waals surface area contributed by atoms with E-state index in [4.69, 9.17) is 14.2 Å². The maximum absolute atomic E-state index is 12.7. The van der Waals surface area contributed by atoms with Gasteiger partial charge in [0.25, 0.3) is 0 Å². The van der Waals surface area contributed by atoms with Crippen LogP contribution in [0.4, 0.5) is 4.79 Å². The van der Waals surface area contributed by atoms with E-state index in [1.165, 1.54) is 6.92 Å². The van der Waals surface area contributed by atoms with Crippen LogP contribution < -0.4 is 10.6 Å². The third-order valence-corrected chi connectivity index (χ3v) is 6.09. The van der Waals surface area contributed by atoms with Crippen LogP contribution in [0, 0.1) is 0 Å². The molecule has 2 aromatic carbocycles. The zero-order chi connectivity index (χ0) is 26.3. The summed E-state index contributed by atoms with van der Waals surface area (Å²) >= 11 is 3.99. The first-order chi connectivity index (χ1) is 17.1. The molecule has 0 radical (unpaired) electrons. The fourth-order valence-corrected chi connectivity index (χ4v) is 4.32. The predicted molar refractivity (Wildman–Crippen MR) is 143 cm³/mol. The van der Waals surface area contributed by atoms with Crippen LogP contribution in [-0.2, 0) is 23.8 Å². The number of amides is 2. The number of carbonyl (C=O) groups is 3. The second-order valence-electron chi connectivity index (χ2n) is 9.40. The van der Waals surface area contributed by atoms with Crippen molar-refractivity contribution in [2.45, 2.75) is 51.3 Å². The Morgan fingerprint density at radius 1 is 1.00 bits per heavy atom. The number of nitrogens with one attached hydrogen (secondary N) is 2. The van der Waals surface area contributed by atoms with Crippen LogP contribution in [0.5, 0.6) is 0 Å². The largest absolute Gasteiger partial charge is 0.458 e. The third kappa shape index (κ3) is 7.41. The highest BCUT2D eigenvalue weighted by atomic mass is 33.1. The first-order valence-electron chi connectivity index (χ1n) is 11.6. The van der Waals surface area contributed by atoms with E-state index in [-0.39, 0.29) is 25.1 Å². The van der Waals surface area contributed by atoms with Crippen molar-refractivity contribution < 1.29 is 28.6 Å². The van der Waals surface area contributed by atoms with E-state index >= 15 is 0 Å². The van der Waals surface area contributed by atoms with Crippen molar-refractivity contribution in [3.05, 3.63) is 59.7 Å². The number of esters is 1. The first kappa shape index (κ1) is 27.9. The molecule has 2 N–H and O–H groups in total. The molecule has 8 nitrogen and oxygen atoms in total. The zero-order valence-corrected chi connectivity index (χ0v) is 22.5. The number of alkyl carbamates (subject to hydrolysis) is 1. The van der Waals surface area contributed by atoms with Gasteiger partial charge in [-0.05, 0) is 49.9 Å². The molecule has 194 valence electrons. The van der Waals surface area contributed by atoms with Gasteiger partial charge < -0.3 is 24.8 Å². The highest BCUT2D eigenvalue weighted by Gasteiger charge is 2.31. The summed E-state index contributed by atoms with van der Waals surface area (Å²) in [6.07, 6.45) is -0.726. The Hall–Kier alpha value is -2.69. The number of benzene rings is 2. The average Bonchev–Trinajstić information content (AvgIpc) is 3.14. The monoisotopic (exact) mass is 532 g/mol. The average molecular weight is 533 g/mol. The lowest BCUT2D eigenvalue weighted by Gasteiger charge is -2.25.